The molecule has 18 heavy (non-hydrogen) atoms. The molecule has 0 aliphatic carbocycles. The molecular formula is C15H22O3. The van der Waals surface area contributed by atoms with Crippen molar-refractivity contribution in [1.29, 1.82) is 0 Å². The van der Waals surface area contributed by atoms with Gasteiger partial charge in [0.05, 0.1) is 6.10 Å². The van der Waals surface area contributed by atoms with Crippen LogP contribution >= 0.6 is 0 Å². The molecule has 0 saturated carbocycles. The molecule has 0 amide bonds. The molecule has 100 valence electrons. The Kier molecular flexibility index (Phi) is 4.48. The first-order valence-electron chi connectivity index (χ1n) is 6.81. The molecule has 0 aromatic heterocycles. The highest BCUT2D eigenvalue weighted by Crippen LogP contribution is 2.32. The molecule has 1 aromatic rings. The van der Waals surface area contributed by atoms with Crippen molar-refractivity contribution in [3.8, 4) is 11.5 Å². The Bertz CT molecular complexity index is 374. The predicted octanol–water partition coefficient (Wildman–Crippen LogP) is 3.01. The van der Waals surface area contributed by atoms with Crippen molar-refractivity contribution < 1.29 is 14.6 Å². The van der Waals surface area contributed by atoms with Crippen LogP contribution in [-0.4, -0.2) is 23.9 Å². The summed E-state index contributed by atoms with van der Waals surface area (Å²) in [5.74, 6) is 2.06. The second kappa shape index (κ2) is 6.10. The maximum Gasteiger partial charge on any atom is 0.161 e. The lowest BCUT2D eigenvalue weighted by Crippen LogP contribution is -2.40. The van der Waals surface area contributed by atoms with E-state index in [2.05, 4.69) is 13.8 Å². The van der Waals surface area contributed by atoms with Crippen molar-refractivity contribution in [2.24, 2.45) is 5.92 Å². The normalized spacial score (nSPS) is 19.9. The van der Waals surface area contributed by atoms with Crippen molar-refractivity contribution in [2.45, 2.75) is 45.3 Å². The van der Waals surface area contributed by atoms with Crippen LogP contribution in [0.4, 0.5) is 0 Å². The molecular weight excluding hydrogens is 228 g/mol. The molecule has 0 radical (unpaired) electrons. The molecule has 1 N–H and O–H groups in total. The van der Waals surface area contributed by atoms with Crippen LogP contribution in [0.5, 0.6) is 11.5 Å². The smallest absolute Gasteiger partial charge is 0.161 e. The lowest BCUT2D eigenvalue weighted by Gasteiger charge is -2.31. The second-order valence-electron chi connectivity index (χ2n) is 4.90. The number of ether oxygens (including phenoxy) is 2. The summed E-state index contributed by atoms with van der Waals surface area (Å²) in [6.07, 6.45) is 2.27. The van der Waals surface area contributed by atoms with Gasteiger partial charge in [0.1, 0.15) is 6.61 Å². The summed E-state index contributed by atoms with van der Waals surface area (Å²) < 4.78 is 11.4. The first-order chi connectivity index (χ1) is 8.74. The minimum atomic E-state index is -0.455. The molecule has 0 bridgehead atoms. The van der Waals surface area contributed by atoms with Crippen molar-refractivity contribution in [3.63, 3.8) is 0 Å². The van der Waals surface area contributed by atoms with E-state index in [9.17, 15) is 5.11 Å². The molecule has 0 saturated heterocycles. The molecule has 2 unspecified atom stereocenters. The third kappa shape index (κ3) is 2.96. The molecule has 0 fully saturated rings. The summed E-state index contributed by atoms with van der Waals surface area (Å²) in [5, 5.41) is 10.2. The summed E-state index contributed by atoms with van der Waals surface area (Å²) in [6, 6.07) is 7.60. The van der Waals surface area contributed by atoms with Crippen molar-refractivity contribution in [2.75, 3.05) is 6.61 Å². The minimum Gasteiger partial charge on any atom is -0.486 e. The van der Waals surface area contributed by atoms with E-state index >= 15 is 0 Å². The van der Waals surface area contributed by atoms with Gasteiger partial charge in [-0.15, -0.1) is 0 Å². The molecule has 3 nitrogen and oxygen atoms in total. The van der Waals surface area contributed by atoms with E-state index in [1.807, 2.05) is 24.3 Å². The Hall–Kier alpha value is -1.22. The van der Waals surface area contributed by atoms with Crippen LogP contribution in [0.1, 0.15) is 33.1 Å². The number of para-hydroxylation sites is 2. The topological polar surface area (TPSA) is 38.7 Å². The number of hydrogen-bond acceptors (Lipinski definition) is 3. The lowest BCUT2D eigenvalue weighted by molar-refractivity contribution is -0.0211. The fourth-order valence-electron chi connectivity index (χ4n) is 2.34. The summed E-state index contributed by atoms with van der Waals surface area (Å²) in [4.78, 5) is 0. The quantitative estimate of drug-likeness (QED) is 0.873. The van der Waals surface area contributed by atoms with Crippen LogP contribution < -0.4 is 9.47 Å². The zero-order valence-electron chi connectivity index (χ0n) is 11.1. The number of rotatable bonds is 5. The highest BCUT2D eigenvalue weighted by atomic mass is 16.6. The maximum atomic E-state index is 10.2. The van der Waals surface area contributed by atoms with Gasteiger partial charge < -0.3 is 14.6 Å². The average molecular weight is 250 g/mol. The zero-order chi connectivity index (χ0) is 13.0. The highest BCUT2D eigenvalue weighted by molar-refractivity contribution is 5.40. The van der Waals surface area contributed by atoms with Gasteiger partial charge in [-0.05, 0) is 24.5 Å². The van der Waals surface area contributed by atoms with Gasteiger partial charge >= 0.3 is 0 Å². The van der Waals surface area contributed by atoms with Gasteiger partial charge in [-0.1, -0.05) is 38.8 Å². The van der Waals surface area contributed by atoms with Gasteiger partial charge in [0.15, 0.2) is 17.6 Å². The first-order valence-corrected chi connectivity index (χ1v) is 6.81. The molecule has 1 aromatic carbocycles. The van der Waals surface area contributed by atoms with Crippen LogP contribution in [0.15, 0.2) is 24.3 Å². The number of aliphatic hydroxyl groups is 1. The molecule has 1 aliphatic rings. The van der Waals surface area contributed by atoms with Crippen LogP contribution in [0.3, 0.4) is 0 Å². The standard InChI is InChI=1S/C15H22O3/c1-3-11(4-2)9-12(16)15-10-17-13-7-5-6-8-14(13)18-15/h5-8,11-12,15-16H,3-4,9-10H2,1-2H3. The summed E-state index contributed by atoms with van der Waals surface area (Å²) in [6.45, 7) is 4.75. The van der Waals surface area contributed by atoms with E-state index in [0.717, 1.165) is 30.8 Å². The fraction of sp³-hybridized carbons (Fsp3) is 0.600. The van der Waals surface area contributed by atoms with Gasteiger partial charge in [0, 0.05) is 0 Å². The molecule has 2 atom stereocenters. The largest absolute Gasteiger partial charge is 0.486 e. The average Bonchev–Trinajstić information content (AvgIpc) is 2.44. The predicted molar refractivity (Wildman–Crippen MR) is 71.0 cm³/mol. The second-order valence-corrected chi connectivity index (χ2v) is 4.90. The molecule has 1 aliphatic heterocycles. The molecule has 3 heteroatoms. The third-order valence-corrected chi connectivity index (χ3v) is 3.69. The van der Waals surface area contributed by atoms with Gasteiger partial charge in [-0.2, -0.15) is 0 Å². The Labute approximate surface area is 109 Å². The van der Waals surface area contributed by atoms with E-state index < -0.39 is 6.10 Å². The van der Waals surface area contributed by atoms with E-state index in [0.29, 0.717) is 12.5 Å². The Morgan fingerprint density at radius 3 is 2.56 bits per heavy atom. The van der Waals surface area contributed by atoms with Gasteiger partial charge in [0.25, 0.3) is 0 Å². The van der Waals surface area contributed by atoms with Gasteiger partial charge in [-0.3, -0.25) is 0 Å². The molecule has 0 spiro atoms. The molecule has 1 heterocycles. The van der Waals surface area contributed by atoms with Crippen molar-refractivity contribution in [1.82, 2.24) is 0 Å². The number of aliphatic hydroxyl groups excluding tert-OH is 1. The summed E-state index contributed by atoms with van der Waals surface area (Å²) in [7, 11) is 0. The van der Waals surface area contributed by atoms with Crippen LogP contribution in [0.25, 0.3) is 0 Å². The van der Waals surface area contributed by atoms with E-state index in [-0.39, 0.29) is 6.10 Å². The monoisotopic (exact) mass is 250 g/mol. The lowest BCUT2D eigenvalue weighted by atomic mass is 9.94. The Morgan fingerprint density at radius 1 is 1.22 bits per heavy atom. The number of hydrogen-bond donors (Lipinski definition) is 1. The number of fused-ring (bicyclic) bond motifs is 1. The SMILES string of the molecule is CCC(CC)CC(O)C1COc2ccccc2O1. The van der Waals surface area contributed by atoms with Crippen LogP contribution in [0.2, 0.25) is 0 Å². The van der Waals surface area contributed by atoms with Crippen LogP contribution in [0, 0.1) is 5.92 Å². The Morgan fingerprint density at radius 2 is 1.89 bits per heavy atom. The summed E-state index contributed by atoms with van der Waals surface area (Å²) >= 11 is 0. The number of benzene rings is 1. The van der Waals surface area contributed by atoms with Crippen LogP contribution in [-0.2, 0) is 0 Å². The Balaban J connectivity index is 1.96. The van der Waals surface area contributed by atoms with Gasteiger partial charge in [-0.25, -0.2) is 0 Å². The van der Waals surface area contributed by atoms with Gasteiger partial charge in [0.2, 0.25) is 0 Å². The highest BCUT2D eigenvalue weighted by Gasteiger charge is 2.28. The minimum absolute atomic E-state index is 0.250. The fourth-order valence-corrected chi connectivity index (χ4v) is 2.34. The summed E-state index contributed by atoms with van der Waals surface area (Å²) in [5.41, 5.74) is 0. The van der Waals surface area contributed by atoms with Crippen molar-refractivity contribution in [3.05, 3.63) is 24.3 Å². The first kappa shape index (κ1) is 13.2. The zero-order valence-corrected chi connectivity index (χ0v) is 11.1. The third-order valence-electron chi connectivity index (χ3n) is 3.69. The van der Waals surface area contributed by atoms with E-state index in [1.54, 1.807) is 0 Å². The van der Waals surface area contributed by atoms with E-state index in [1.165, 1.54) is 0 Å². The molecule has 2 rings (SSSR count). The van der Waals surface area contributed by atoms with E-state index in [4.69, 9.17) is 9.47 Å². The van der Waals surface area contributed by atoms with Crippen molar-refractivity contribution >= 4 is 0 Å². The maximum absolute atomic E-state index is 10.2.